The SMILES string of the molecule is CC(=O)N[C@H]1[C@H](O[C@H]2[C@H](O)[C@@H](NC(C)=O)C(O)O[C@@H]2CO)O[C@H](CO)[C@@H](O[C@@H]2O[C@H](CO[C@H]3O[C@H](CO)[C@@H](O)[C@H](O)[C@@H]3O)[C@@H](O)[C@H](O[C@H]3O[C@H](CO)[C@@H](O)[C@H](O)[C@@H]3O[C@@H]3O[C@H](CO)[C@@H](O[C@@H]4O[C@H](CO)[C@@H](O)[C@H](O)[C@H]4O)[C@H](O)[C@H]3NC(C)=O)[C@@H]2O)[C@@H]1O. The zero-order chi connectivity index (χ0) is 64.2. The molecule has 3 amide bonds. The zero-order valence-electron chi connectivity index (χ0n) is 46.6. The fourth-order valence-corrected chi connectivity index (χ4v) is 11.1. The molecule has 0 saturated carbocycles. The van der Waals surface area contributed by atoms with E-state index < -0.39 is 279 Å². The average molecular weight is 1280 g/mol. The van der Waals surface area contributed by atoms with Crippen molar-refractivity contribution in [3.05, 3.63) is 0 Å². The topological polar surface area (TPSA) is 612 Å². The van der Waals surface area contributed by atoms with E-state index in [9.17, 15) is 117 Å². The summed E-state index contributed by atoms with van der Waals surface area (Å²) >= 11 is 0. The van der Waals surface area contributed by atoms with Crippen LogP contribution < -0.4 is 16.0 Å². The third kappa shape index (κ3) is 15.8. The predicted octanol–water partition coefficient (Wildman–Crippen LogP) is -15.8. The second-order valence-corrected chi connectivity index (χ2v) is 21.8. The number of nitrogens with one attached hydrogen (secondary N) is 3. The van der Waals surface area contributed by atoms with Gasteiger partial charge in [0, 0.05) is 20.8 Å². The van der Waals surface area contributed by atoms with E-state index in [2.05, 4.69) is 16.0 Å². The fraction of sp³-hybridized carbons (Fsp3) is 0.938. The summed E-state index contributed by atoms with van der Waals surface area (Å²) in [5.74, 6) is -2.51. The van der Waals surface area contributed by atoms with Crippen LogP contribution in [0.15, 0.2) is 0 Å². The van der Waals surface area contributed by atoms with Crippen LogP contribution in [0.1, 0.15) is 20.8 Å². The number of hydrogen-bond donors (Lipinski definition) is 23. The summed E-state index contributed by atoms with van der Waals surface area (Å²) in [6.45, 7) is -4.02. The van der Waals surface area contributed by atoms with Crippen LogP contribution in [-0.4, -0.2) is 381 Å². The highest BCUT2D eigenvalue weighted by molar-refractivity contribution is 5.74. The van der Waals surface area contributed by atoms with Gasteiger partial charge in [-0.05, 0) is 0 Å². The molecule has 35 atom stereocenters. The lowest BCUT2D eigenvalue weighted by atomic mass is 9.93. The van der Waals surface area contributed by atoms with E-state index in [4.69, 9.17) is 61.6 Å². The van der Waals surface area contributed by atoms with Gasteiger partial charge in [0.15, 0.2) is 44.0 Å². The Kier molecular flexibility index (Phi) is 25.6. The van der Waals surface area contributed by atoms with Gasteiger partial charge in [0.25, 0.3) is 0 Å². The minimum absolute atomic E-state index is 0.742. The first-order valence-corrected chi connectivity index (χ1v) is 27.6. The summed E-state index contributed by atoms with van der Waals surface area (Å²) < 4.78 is 75.5. The van der Waals surface area contributed by atoms with Crippen molar-refractivity contribution in [2.45, 2.75) is 236 Å². The number of hydrogen-bond acceptors (Lipinski definition) is 36. The summed E-state index contributed by atoms with van der Waals surface area (Å²) in [5.41, 5.74) is 0. The van der Waals surface area contributed by atoms with Crippen molar-refractivity contribution in [3.63, 3.8) is 0 Å². The highest BCUT2D eigenvalue weighted by Crippen LogP contribution is 2.38. The Morgan fingerprint density at radius 3 is 1.07 bits per heavy atom. The van der Waals surface area contributed by atoms with E-state index in [0.29, 0.717) is 0 Å². The lowest BCUT2D eigenvalue weighted by Crippen LogP contribution is -2.71. The maximum Gasteiger partial charge on any atom is 0.217 e. The normalized spacial score (nSPS) is 48.9. The first kappa shape index (κ1) is 71.5. The summed E-state index contributed by atoms with van der Waals surface area (Å²) in [6, 6.07) is -5.25. The molecule has 87 heavy (non-hydrogen) atoms. The van der Waals surface area contributed by atoms with Crippen LogP contribution in [0.4, 0.5) is 0 Å². The molecule has 7 heterocycles. The van der Waals surface area contributed by atoms with Gasteiger partial charge in [-0.25, -0.2) is 0 Å². The van der Waals surface area contributed by atoms with Crippen molar-refractivity contribution in [1.82, 2.24) is 16.0 Å². The van der Waals surface area contributed by atoms with Crippen molar-refractivity contribution in [1.29, 1.82) is 0 Å². The molecule has 7 aliphatic rings. The van der Waals surface area contributed by atoms with E-state index in [1.165, 1.54) is 0 Å². The minimum Gasteiger partial charge on any atom is -0.394 e. The molecule has 0 aromatic rings. The molecule has 1 unspecified atom stereocenters. The highest BCUT2D eigenvalue weighted by atomic mass is 16.8. The number of carbonyl (C=O) groups is 3. The molecule has 0 aliphatic carbocycles. The molecule has 39 nitrogen and oxygen atoms in total. The Bertz CT molecular complexity index is 2190. The van der Waals surface area contributed by atoms with Gasteiger partial charge >= 0.3 is 0 Å². The molecule has 0 bridgehead atoms. The molecule has 7 aliphatic heterocycles. The van der Waals surface area contributed by atoms with Crippen LogP contribution in [0.25, 0.3) is 0 Å². The monoisotopic (exact) mass is 1280 g/mol. The Hall–Kier alpha value is -2.91. The van der Waals surface area contributed by atoms with Gasteiger partial charge in [0.05, 0.1) is 46.2 Å². The van der Waals surface area contributed by atoms with E-state index in [1.807, 2.05) is 0 Å². The molecule has 7 rings (SSSR count). The number of carbonyl (C=O) groups excluding carboxylic acids is 3. The number of aliphatic hydroxyl groups excluding tert-OH is 20. The lowest BCUT2D eigenvalue weighted by molar-refractivity contribution is -0.397. The third-order valence-corrected chi connectivity index (χ3v) is 15.7. The number of ether oxygens (including phenoxy) is 13. The van der Waals surface area contributed by atoms with Gasteiger partial charge in [-0.1, -0.05) is 0 Å². The van der Waals surface area contributed by atoms with Crippen molar-refractivity contribution in [3.8, 4) is 0 Å². The standard InChI is InChI=1S/C48H81N3O36/c1-11(58)49-21-28(65)37(17(7-55)76-42(21)74)83-43-22(50-12(2)59)29(66)39(19(9-57)80-43)85-47-36(73)40(27(64)20(82-47)10-75-45-34(71)31(68)24(61)14(4-52)77-45)86-48-41(33(70)26(63)16(6-54)79-48)87-44-23(51-13(3)60)30(67)38(18(8-56)81-44)84-46-35(72)32(69)25(62)15(5-53)78-46/h14-48,52-57,61-74H,4-10H2,1-3H3,(H,49,58)(H,50,59)(H,51,60)/t14-,15-,16-,17-,18-,19-,20-,21-,22-,23-,24-,25-,26-,27-,28-,29-,30-,31+,32+,33+,34+,35-,36+,37-,38-,39-,40+,41+,42?,43+,44+,45+,46+,47+,48-/m1/s1. The van der Waals surface area contributed by atoms with E-state index >= 15 is 0 Å². The van der Waals surface area contributed by atoms with E-state index in [0.717, 1.165) is 20.8 Å². The summed E-state index contributed by atoms with van der Waals surface area (Å²) in [6.07, 6.45) is -63.3. The second-order valence-electron chi connectivity index (χ2n) is 21.8. The number of aliphatic hydroxyl groups is 20. The van der Waals surface area contributed by atoms with Crippen LogP contribution >= 0.6 is 0 Å². The van der Waals surface area contributed by atoms with Crippen LogP contribution in [-0.2, 0) is 76.0 Å². The Morgan fingerprint density at radius 2 is 0.621 bits per heavy atom. The molecule has 504 valence electrons. The van der Waals surface area contributed by atoms with Crippen molar-refractivity contribution in [2.75, 3.05) is 46.2 Å². The Balaban J connectivity index is 1.20. The lowest BCUT2D eigenvalue weighted by Gasteiger charge is -2.51. The Labute approximate surface area is 492 Å². The highest BCUT2D eigenvalue weighted by Gasteiger charge is 2.59. The van der Waals surface area contributed by atoms with Crippen molar-refractivity contribution < 1.29 is 178 Å². The molecule has 7 fully saturated rings. The maximum absolute atomic E-state index is 12.7. The molecule has 0 aromatic heterocycles. The third-order valence-electron chi connectivity index (χ3n) is 15.7. The molecule has 39 heteroatoms. The molecule has 0 spiro atoms. The van der Waals surface area contributed by atoms with Gasteiger partial charge in [0.1, 0.15) is 171 Å². The van der Waals surface area contributed by atoms with Crippen molar-refractivity contribution in [2.24, 2.45) is 0 Å². The Morgan fingerprint density at radius 1 is 0.299 bits per heavy atom. The van der Waals surface area contributed by atoms with Crippen molar-refractivity contribution >= 4 is 17.7 Å². The van der Waals surface area contributed by atoms with Gasteiger partial charge in [0.2, 0.25) is 17.7 Å². The second kappa shape index (κ2) is 31.1. The first-order chi connectivity index (χ1) is 41.1. The summed E-state index contributed by atoms with van der Waals surface area (Å²) in [5, 5.41) is 224. The molecular formula is C48H81N3O36. The van der Waals surface area contributed by atoms with Gasteiger partial charge in [-0.2, -0.15) is 0 Å². The van der Waals surface area contributed by atoms with Gasteiger partial charge < -0.3 is 180 Å². The number of amides is 3. The van der Waals surface area contributed by atoms with E-state index in [1.54, 1.807) is 0 Å². The maximum atomic E-state index is 12.7. The van der Waals surface area contributed by atoms with Crippen LogP contribution in [0.5, 0.6) is 0 Å². The average Bonchev–Trinajstić information content (AvgIpc) is 2.68. The molecule has 7 saturated heterocycles. The quantitative estimate of drug-likeness (QED) is 0.0479. The largest absolute Gasteiger partial charge is 0.394 e. The predicted molar refractivity (Wildman–Crippen MR) is 267 cm³/mol. The molecule has 23 N–H and O–H groups in total. The van der Waals surface area contributed by atoms with Crippen LogP contribution in [0.3, 0.4) is 0 Å². The van der Waals surface area contributed by atoms with Crippen LogP contribution in [0, 0.1) is 0 Å². The molecular weight excluding hydrogens is 1190 g/mol. The smallest absolute Gasteiger partial charge is 0.217 e. The first-order valence-electron chi connectivity index (χ1n) is 27.6. The zero-order valence-corrected chi connectivity index (χ0v) is 46.6. The fourth-order valence-electron chi connectivity index (χ4n) is 11.1. The molecule has 0 radical (unpaired) electrons. The summed E-state index contributed by atoms with van der Waals surface area (Å²) in [7, 11) is 0. The van der Waals surface area contributed by atoms with Gasteiger partial charge in [-0.15, -0.1) is 0 Å². The van der Waals surface area contributed by atoms with Gasteiger partial charge in [-0.3, -0.25) is 14.4 Å². The van der Waals surface area contributed by atoms with E-state index in [-0.39, 0.29) is 0 Å². The minimum atomic E-state index is -2.42. The van der Waals surface area contributed by atoms with Crippen LogP contribution in [0.2, 0.25) is 0 Å². The molecule has 0 aromatic carbocycles. The number of rotatable bonds is 22. The summed E-state index contributed by atoms with van der Waals surface area (Å²) in [4.78, 5) is 37.4.